The molecule has 0 bridgehead atoms. The van der Waals surface area contributed by atoms with Gasteiger partial charge in [0.15, 0.2) is 0 Å². The van der Waals surface area contributed by atoms with Gasteiger partial charge in [-0.15, -0.1) is 0 Å². The number of piperidine rings is 1. The van der Waals surface area contributed by atoms with E-state index in [9.17, 15) is 4.79 Å². The summed E-state index contributed by atoms with van der Waals surface area (Å²) < 4.78 is 0. The van der Waals surface area contributed by atoms with E-state index in [1.165, 1.54) is 0 Å². The molecule has 0 aromatic heterocycles. The SMILES string of the molecule is CC(C)(C(N)=O)N(C=S)C1CCNCC1. The zero-order valence-corrected chi connectivity index (χ0v) is 10.1. The standard InChI is InChI=1S/C10H19N3OS/c1-10(2,9(11)14)13(7-15)8-3-5-12-6-4-8/h7-8,12H,3-6H2,1-2H3,(H2,11,14). The van der Waals surface area contributed by atoms with Crippen LogP contribution in [0, 0.1) is 0 Å². The van der Waals surface area contributed by atoms with Gasteiger partial charge >= 0.3 is 0 Å². The molecule has 1 heterocycles. The van der Waals surface area contributed by atoms with Crippen molar-refractivity contribution >= 4 is 23.6 Å². The maximum atomic E-state index is 11.4. The van der Waals surface area contributed by atoms with Gasteiger partial charge < -0.3 is 16.0 Å². The normalized spacial score (nSPS) is 18.5. The molecule has 1 aliphatic rings. The van der Waals surface area contributed by atoms with Crippen molar-refractivity contribution in [3.8, 4) is 0 Å². The third-order valence-electron chi connectivity index (χ3n) is 3.06. The summed E-state index contributed by atoms with van der Waals surface area (Å²) in [5.41, 5.74) is 6.27. The number of nitrogens with one attached hydrogen (secondary N) is 1. The second-order valence-electron chi connectivity index (χ2n) is 4.42. The fourth-order valence-electron chi connectivity index (χ4n) is 1.89. The van der Waals surface area contributed by atoms with Gasteiger partial charge in [0.1, 0.15) is 5.54 Å². The van der Waals surface area contributed by atoms with Crippen molar-refractivity contribution in [1.82, 2.24) is 10.2 Å². The molecule has 0 unspecified atom stereocenters. The van der Waals surface area contributed by atoms with E-state index in [1.807, 2.05) is 18.7 Å². The van der Waals surface area contributed by atoms with Crippen molar-refractivity contribution < 1.29 is 4.79 Å². The Morgan fingerprint density at radius 2 is 2.07 bits per heavy atom. The number of rotatable bonds is 4. The van der Waals surface area contributed by atoms with E-state index in [-0.39, 0.29) is 5.91 Å². The van der Waals surface area contributed by atoms with Crippen LogP contribution in [-0.2, 0) is 4.79 Å². The molecule has 0 aromatic rings. The molecule has 0 spiro atoms. The van der Waals surface area contributed by atoms with Gasteiger partial charge in [-0.25, -0.2) is 0 Å². The number of carbonyl (C=O) groups is 1. The van der Waals surface area contributed by atoms with Gasteiger partial charge in [0.05, 0.1) is 5.49 Å². The Morgan fingerprint density at radius 1 is 1.53 bits per heavy atom. The minimum atomic E-state index is -0.691. The molecule has 0 radical (unpaired) electrons. The van der Waals surface area contributed by atoms with E-state index in [4.69, 9.17) is 18.0 Å². The average molecular weight is 229 g/mol. The quantitative estimate of drug-likeness (QED) is 0.679. The van der Waals surface area contributed by atoms with E-state index in [1.54, 1.807) is 5.49 Å². The molecule has 1 saturated heterocycles. The van der Waals surface area contributed by atoms with Crippen LogP contribution in [0.25, 0.3) is 0 Å². The first-order valence-electron chi connectivity index (χ1n) is 5.24. The summed E-state index contributed by atoms with van der Waals surface area (Å²) in [6.07, 6.45) is 2.01. The molecule has 3 N–H and O–H groups in total. The van der Waals surface area contributed by atoms with Crippen LogP contribution in [-0.4, -0.2) is 41.0 Å². The number of nitrogens with two attached hydrogens (primary N) is 1. The number of nitrogens with zero attached hydrogens (tertiary/aromatic N) is 1. The second kappa shape index (κ2) is 4.90. The number of primary amides is 1. The molecular weight excluding hydrogens is 210 g/mol. The lowest BCUT2D eigenvalue weighted by Gasteiger charge is -2.42. The van der Waals surface area contributed by atoms with Crippen LogP contribution in [0.3, 0.4) is 0 Å². The van der Waals surface area contributed by atoms with Crippen molar-refractivity contribution in [2.45, 2.75) is 38.3 Å². The molecule has 0 saturated carbocycles. The van der Waals surface area contributed by atoms with Crippen molar-refractivity contribution in [2.24, 2.45) is 5.73 Å². The molecule has 1 rings (SSSR count). The van der Waals surface area contributed by atoms with Crippen LogP contribution >= 0.6 is 12.2 Å². The zero-order valence-electron chi connectivity index (χ0n) is 9.32. The van der Waals surface area contributed by atoms with Crippen molar-refractivity contribution in [3.05, 3.63) is 0 Å². The van der Waals surface area contributed by atoms with E-state index in [2.05, 4.69) is 5.32 Å². The summed E-state index contributed by atoms with van der Waals surface area (Å²) in [5.74, 6) is -0.331. The van der Waals surface area contributed by atoms with Crippen molar-refractivity contribution in [2.75, 3.05) is 13.1 Å². The zero-order chi connectivity index (χ0) is 11.5. The molecule has 0 aliphatic carbocycles. The summed E-state index contributed by atoms with van der Waals surface area (Å²) in [6, 6.07) is 0.325. The molecule has 4 nitrogen and oxygen atoms in total. The first kappa shape index (κ1) is 12.4. The number of hydrogen-bond donors (Lipinski definition) is 2. The molecule has 1 amide bonds. The molecule has 86 valence electrons. The minimum absolute atomic E-state index is 0.325. The smallest absolute Gasteiger partial charge is 0.242 e. The Morgan fingerprint density at radius 3 is 2.47 bits per heavy atom. The average Bonchev–Trinajstić information content (AvgIpc) is 2.19. The predicted molar refractivity (Wildman–Crippen MR) is 64.7 cm³/mol. The van der Waals surface area contributed by atoms with Crippen LogP contribution in [0.15, 0.2) is 0 Å². The summed E-state index contributed by atoms with van der Waals surface area (Å²) in [4.78, 5) is 13.3. The van der Waals surface area contributed by atoms with E-state index in [0.29, 0.717) is 6.04 Å². The summed E-state index contributed by atoms with van der Waals surface area (Å²) >= 11 is 4.99. The van der Waals surface area contributed by atoms with Crippen LogP contribution < -0.4 is 11.1 Å². The maximum Gasteiger partial charge on any atom is 0.242 e. The Kier molecular flexibility index (Phi) is 4.04. The highest BCUT2D eigenvalue weighted by molar-refractivity contribution is 7.78. The van der Waals surface area contributed by atoms with Crippen LogP contribution in [0.2, 0.25) is 0 Å². The van der Waals surface area contributed by atoms with Crippen molar-refractivity contribution in [3.63, 3.8) is 0 Å². The second-order valence-corrected chi connectivity index (χ2v) is 4.63. The number of amides is 1. The van der Waals surface area contributed by atoms with E-state index >= 15 is 0 Å². The monoisotopic (exact) mass is 229 g/mol. The third kappa shape index (κ3) is 2.66. The van der Waals surface area contributed by atoms with Gasteiger partial charge in [-0.1, -0.05) is 12.2 Å². The van der Waals surface area contributed by atoms with Gasteiger partial charge in [0.25, 0.3) is 0 Å². The third-order valence-corrected chi connectivity index (χ3v) is 3.29. The van der Waals surface area contributed by atoms with Crippen LogP contribution in [0.1, 0.15) is 26.7 Å². The Bertz CT molecular complexity index is 249. The number of thiocarbonyl (C=S) groups is 1. The highest BCUT2D eigenvalue weighted by atomic mass is 32.1. The molecule has 15 heavy (non-hydrogen) atoms. The van der Waals surface area contributed by atoms with E-state index < -0.39 is 5.54 Å². The van der Waals surface area contributed by atoms with E-state index in [0.717, 1.165) is 25.9 Å². The maximum absolute atomic E-state index is 11.4. The molecule has 0 aromatic carbocycles. The van der Waals surface area contributed by atoms with Gasteiger partial charge in [-0.2, -0.15) is 0 Å². The van der Waals surface area contributed by atoms with Gasteiger partial charge in [0.2, 0.25) is 5.91 Å². The summed E-state index contributed by atoms with van der Waals surface area (Å²) in [6.45, 7) is 5.58. The number of hydrogen-bond acceptors (Lipinski definition) is 3. The number of carbonyl (C=O) groups excluding carboxylic acids is 1. The molecule has 1 fully saturated rings. The van der Waals surface area contributed by atoms with Gasteiger partial charge in [-0.3, -0.25) is 4.79 Å². The van der Waals surface area contributed by atoms with Crippen LogP contribution in [0.5, 0.6) is 0 Å². The fraction of sp³-hybridized carbons (Fsp3) is 0.800. The molecule has 1 aliphatic heterocycles. The van der Waals surface area contributed by atoms with Gasteiger partial charge in [0, 0.05) is 6.04 Å². The van der Waals surface area contributed by atoms with Gasteiger partial charge in [-0.05, 0) is 39.8 Å². The fourth-order valence-corrected chi connectivity index (χ4v) is 2.32. The lowest BCUT2D eigenvalue weighted by atomic mass is 9.96. The molecule has 0 atom stereocenters. The lowest BCUT2D eigenvalue weighted by molar-refractivity contribution is -0.127. The molecular formula is C10H19N3OS. The lowest BCUT2D eigenvalue weighted by Crippen LogP contribution is -2.58. The first-order chi connectivity index (χ1) is 7.00. The topological polar surface area (TPSA) is 58.4 Å². The first-order valence-corrected chi connectivity index (χ1v) is 5.71. The summed E-state index contributed by atoms with van der Waals surface area (Å²) in [5, 5.41) is 3.28. The Hall–Kier alpha value is -0.680. The van der Waals surface area contributed by atoms with Crippen molar-refractivity contribution in [1.29, 1.82) is 0 Å². The molecule has 5 heteroatoms. The largest absolute Gasteiger partial charge is 0.368 e. The predicted octanol–water partition coefficient (Wildman–Crippen LogP) is 0.262. The summed E-state index contributed by atoms with van der Waals surface area (Å²) in [7, 11) is 0. The highest BCUT2D eigenvalue weighted by Gasteiger charge is 2.35. The minimum Gasteiger partial charge on any atom is -0.368 e. The Balaban J connectivity index is 2.77. The Labute approximate surface area is 96.2 Å². The van der Waals surface area contributed by atoms with Crippen LogP contribution in [0.4, 0.5) is 0 Å². The highest BCUT2D eigenvalue weighted by Crippen LogP contribution is 2.21.